The molecule has 5 rings (SSSR count). The molecule has 12 heteroatoms. The van der Waals surface area contributed by atoms with E-state index in [0.717, 1.165) is 25.7 Å². The predicted octanol–water partition coefficient (Wildman–Crippen LogP) is 6.14. The number of carbonyl (C=O) groups excluding carboxylic acids is 1. The Kier molecular flexibility index (Phi) is 6.87. The third-order valence-corrected chi connectivity index (χ3v) is 11.0. The van der Waals surface area contributed by atoms with Gasteiger partial charge in [-0.15, -0.1) is 0 Å². The molecule has 6 nitrogen and oxygen atoms in total. The lowest BCUT2D eigenvalue weighted by Crippen LogP contribution is -2.55. The fraction of sp³-hybridized carbons (Fsp3) is 0.731. The molecule has 4 aliphatic rings. The van der Waals surface area contributed by atoms with Crippen molar-refractivity contribution < 1.29 is 48.6 Å². The van der Waals surface area contributed by atoms with E-state index in [9.17, 15) is 35.2 Å². The Bertz CT molecular complexity index is 1230. The summed E-state index contributed by atoms with van der Waals surface area (Å²) >= 11 is 0. The summed E-state index contributed by atoms with van der Waals surface area (Å²) in [6, 6.07) is 0. The predicted molar refractivity (Wildman–Crippen MR) is 124 cm³/mol. The van der Waals surface area contributed by atoms with E-state index < -0.39 is 68.6 Å². The van der Waals surface area contributed by atoms with E-state index in [4.69, 9.17) is 13.5 Å². The molecule has 0 bridgehead atoms. The van der Waals surface area contributed by atoms with Crippen molar-refractivity contribution in [1.82, 2.24) is 0 Å². The SMILES string of the molecule is C[C@]12CCC3C(CC[C@@H]4C[C@H](OS(=O)(=O)O)CC[C@]34C)C1CC[C@@H]2OC(=O)c1c(F)c(F)c(F)c(F)c1F. The van der Waals surface area contributed by atoms with Gasteiger partial charge in [-0.3, -0.25) is 4.55 Å². The summed E-state index contributed by atoms with van der Waals surface area (Å²) in [6.45, 7) is 4.21. The number of esters is 1. The van der Waals surface area contributed by atoms with Crippen molar-refractivity contribution >= 4 is 16.4 Å². The molecule has 0 aliphatic heterocycles. The first-order valence-electron chi connectivity index (χ1n) is 13.1. The van der Waals surface area contributed by atoms with Crippen LogP contribution in [0.25, 0.3) is 0 Å². The van der Waals surface area contributed by atoms with Crippen LogP contribution in [0.4, 0.5) is 22.0 Å². The van der Waals surface area contributed by atoms with Gasteiger partial charge < -0.3 is 4.74 Å². The fourth-order valence-electron chi connectivity index (χ4n) is 8.60. The molecule has 1 N–H and O–H groups in total. The van der Waals surface area contributed by atoms with Crippen LogP contribution in [-0.2, 0) is 19.3 Å². The van der Waals surface area contributed by atoms with Crippen LogP contribution in [0.3, 0.4) is 0 Å². The molecule has 0 amide bonds. The van der Waals surface area contributed by atoms with Crippen molar-refractivity contribution in [1.29, 1.82) is 0 Å². The largest absolute Gasteiger partial charge is 0.458 e. The number of rotatable bonds is 4. The van der Waals surface area contributed by atoms with Crippen molar-refractivity contribution in [3.63, 3.8) is 0 Å². The highest BCUT2D eigenvalue weighted by atomic mass is 32.3. The summed E-state index contributed by atoms with van der Waals surface area (Å²) in [7, 11) is -4.52. The van der Waals surface area contributed by atoms with Crippen LogP contribution in [0.1, 0.15) is 82.0 Å². The highest BCUT2D eigenvalue weighted by molar-refractivity contribution is 7.80. The summed E-state index contributed by atoms with van der Waals surface area (Å²) in [4.78, 5) is 12.7. The second kappa shape index (κ2) is 9.40. The Balaban J connectivity index is 1.33. The highest BCUT2D eigenvalue weighted by Gasteiger charge is 2.61. The minimum Gasteiger partial charge on any atom is -0.458 e. The van der Waals surface area contributed by atoms with Crippen molar-refractivity contribution in [3.8, 4) is 0 Å². The molecule has 0 saturated heterocycles. The number of halogens is 5. The van der Waals surface area contributed by atoms with Gasteiger partial charge >= 0.3 is 16.4 Å². The van der Waals surface area contributed by atoms with Gasteiger partial charge in [0.1, 0.15) is 11.7 Å². The molecule has 1 aromatic rings. The lowest BCUT2D eigenvalue weighted by molar-refractivity contribution is -0.132. The molecule has 4 saturated carbocycles. The average molecular weight is 567 g/mol. The first-order chi connectivity index (χ1) is 17.7. The van der Waals surface area contributed by atoms with Gasteiger partial charge in [0.05, 0.1) is 6.10 Å². The molecule has 0 aromatic heterocycles. The van der Waals surface area contributed by atoms with E-state index in [-0.39, 0.29) is 17.3 Å². The first kappa shape index (κ1) is 27.8. The van der Waals surface area contributed by atoms with Gasteiger partial charge in [0, 0.05) is 5.41 Å². The molecule has 0 heterocycles. The van der Waals surface area contributed by atoms with Crippen LogP contribution < -0.4 is 0 Å². The maximum absolute atomic E-state index is 14.2. The molecule has 1 aromatic carbocycles. The summed E-state index contributed by atoms with van der Waals surface area (Å²) < 4.78 is 111. The molecule has 4 aliphatic carbocycles. The molecule has 3 unspecified atom stereocenters. The summed E-state index contributed by atoms with van der Waals surface area (Å²) in [5.41, 5.74) is -2.12. The van der Waals surface area contributed by atoms with E-state index in [1.807, 2.05) is 6.92 Å². The minimum absolute atomic E-state index is 0.0481. The second-order valence-electron chi connectivity index (χ2n) is 12.0. The zero-order chi connectivity index (χ0) is 27.8. The van der Waals surface area contributed by atoms with Crippen LogP contribution in [0.15, 0.2) is 0 Å². The number of carbonyl (C=O) groups is 1. The number of fused-ring (bicyclic) bond motifs is 5. The Hall–Kier alpha value is -1.79. The third kappa shape index (κ3) is 4.34. The van der Waals surface area contributed by atoms with E-state index in [0.29, 0.717) is 43.9 Å². The van der Waals surface area contributed by atoms with Gasteiger partial charge in [-0.1, -0.05) is 13.8 Å². The summed E-state index contributed by atoms with van der Waals surface area (Å²) in [6.07, 6.45) is 4.88. The van der Waals surface area contributed by atoms with Crippen molar-refractivity contribution in [2.24, 2.45) is 34.5 Å². The smallest absolute Gasteiger partial charge is 0.397 e. The summed E-state index contributed by atoms with van der Waals surface area (Å²) in [5.74, 6) is -11.6. The first-order valence-corrected chi connectivity index (χ1v) is 14.4. The number of hydrogen-bond donors (Lipinski definition) is 1. The van der Waals surface area contributed by atoms with Crippen LogP contribution in [-0.4, -0.2) is 31.1 Å². The Morgan fingerprint density at radius 1 is 0.816 bits per heavy atom. The van der Waals surface area contributed by atoms with Crippen molar-refractivity contribution in [3.05, 3.63) is 34.6 Å². The molecule has 0 spiro atoms. The Morgan fingerprint density at radius 3 is 2.03 bits per heavy atom. The highest BCUT2D eigenvalue weighted by Crippen LogP contribution is 2.66. The van der Waals surface area contributed by atoms with Crippen molar-refractivity contribution in [2.45, 2.75) is 83.8 Å². The average Bonchev–Trinajstić information content (AvgIpc) is 3.17. The fourth-order valence-corrected chi connectivity index (χ4v) is 9.11. The van der Waals surface area contributed by atoms with E-state index in [2.05, 4.69) is 6.92 Å². The van der Waals surface area contributed by atoms with Gasteiger partial charge in [0.15, 0.2) is 23.3 Å². The molecule has 8 atom stereocenters. The quantitative estimate of drug-likeness (QED) is 0.155. The number of hydrogen-bond acceptors (Lipinski definition) is 5. The van der Waals surface area contributed by atoms with Crippen LogP contribution in [0.2, 0.25) is 0 Å². The molecule has 212 valence electrons. The van der Waals surface area contributed by atoms with Crippen LogP contribution in [0.5, 0.6) is 0 Å². The normalized spacial score (nSPS) is 38.7. The van der Waals surface area contributed by atoms with Gasteiger partial charge in [-0.05, 0) is 86.9 Å². The van der Waals surface area contributed by atoms with Gasteiger partial charge in [0.2, 0.25) is 5.82 Å². The Labute approximate surface area is 218 Å². The molecular weight excluding hydrogens is 535 g/mol. The Morgan fingerprint density at radius 2 is 1.39 bits per heavy atom. The minimum atomic E-state index is -4.52. The lowest BCUT2D eigenvalue weighted by Gasteiger charge is -2.60. The van der Waals surface area contributed by atoms with E-state index in [1.54, 1.807) is 0 Å². The molecule has 38 heavy (non-hydrogen) atoms. The zero-order valence-corrected chi connectivity index (χ0v) is 21.9. The lowest BCUT2D eigenvalue weighted by atomic mass is 9.45. The second-order valence-corrected chi connectivity index (χ2v) is 13.1. The van der Waals surface area contributed by atoms with Crippen molar-refractivity contribution in [2.75, 3.05) is 0 Å². The maximum Gasteiger partial charge on any atom is 0.397 e. The maximum atomic E-state index is 14.2. The standard InChI is InChI=1S/C26H31F5O6S/c1-25-9-7-13(37-38(33,34)35)11-12(25)3-4-14-15-5-6-17(26(15,2)10-8-16(14)25)36-24(32)18-19(27)21(29)23(31)22(30)20(18)28/h12-17H,3-11H2,1-2H3,(H,33,34,35)/t12-,13-,14?,15?,16?,17+,25+,26+/m1/s1. The van der Waals surface area contributed by atoms with Gasteiger partial charge in [-0.2, -0.15) is 8.42 Å². The van der Waals surface area contributed by atoms with Crippen LogP contribution in [0, 0.1) is 63.6 Å². The van der Waals surface area contributed by atoms with Gasteiger partial charge in [0.25, 0.3) is 0 Å². The molecule has 4 fully saturated rings. The van der Waals surface area contributed by atoms with Gasteiger partial charge in [-0.25, -0.2) is 30.9 Å². The van der Waals surface area contributed by atoms with Crippen LogP contribution >= 0.6 is 0 Å². The third-order valence-electron chi connectivity index (χ3n) is 10.5. The molecular formula is C26H31F5O6S. The molecule has 0 radical (unpaired) electrons. The van der Waals surface area contributed by atoms with E-state index in [1.165, 1.54) is 0 Å². The number of benzene rings is 1. The number of ether oxygens (including phenoxy) is 1. The monoisotopic (exact) mass is 566 g/mol. The topological polar surface area (TPSA) is 89.9 Å². The summed E-state index contributed by atoms with van der Waals surface area (Å²) in [5, 5.41) is 0. The zero-order valence-electron chi connectivity index (χ0n) is 21.1. The van der Waals surface area contributed by atoms with E-state index >= 15 is 0 Å².